The predicted octanol–water partition coefficient (Wildman–Crippen LogP) is 6.08. The van der Waals surface area contributed by atoms with Gasteiger partial charge in [-0.15, -0.1) is 5.10 Å². The Labute approximate surface area is 225 Å². The van der Waals surface area contributed by atoms with Crippen molar-refractivity contribution in [1.29, 1.82) is 0 Å². The van der Waals surface area contributed by atoms with Crippen LogP contribution in [0.2, 0.25) is 5.02 Å². The highest BCUT2D eigenvalue weighted by Gasteiger charge is 2.62. The van der Waals surface area contributed by atoms with Crippen LogP contribution in [0.25, 0.3) is 11.0 Å². The van der Waals surface area contributed by atoms with Crippen molar-refractivity contribution in [2.24, 2.45) is 40.4 Å². The molecule has 0 amide bonds. The molecule has 6 nitrogen and oxygen atoms in total. The Morgan fingerprint density at radius 3 is 2.78 bits per heavy atom. The number of benzene rings is 1. The average molecular weight is 528 g/mol. The number of rotatable bonds is 6. The molecule has 8 atom stereocenters. The monoisotopic (exact) mass is 527 g/mol. The number of ketones is 1. The van der Waals surface area contributed by atoms with Gasteiger partial charge in [0.15, 0.2) is 5.78 Å². The van der Waals surface area contributed by atoms with Crippen molar-refractivity contribution in [3.8, 4) is 0 Å². The lowest BCUT2D eigenvalue weighted by atomic mass is 9.42. The molecule has 0 saturated heterocycles. The highest BCUT2D eigenvalue weighted by atomic mass is 35.5. The van der Waals surface area contributed by atoms with Gasteiger partial charge in [-0.2, -0.15) is 0 Å². The largest absolute Gasteiger partial charge is 0.390 e. The number of ether oxygens (including phenoxy) is 1. The van der Waals surface area contributed by atoms with Crippen molar-refractivity contribution >= 4 is 28.4 Å². The van der Waals surface area contributed by atoms with Crippen LogP contribution in [0.1, 0.15) is 78.1 Å². The Morgan fingerprint density at radius 2 is 1.97 bits per heavy atom. The number of para-hydroxylation sites is 1. The van der Waals surface area contributed by atoms with Gasteiger partial charge in [0.2, 0.25) is 0 Å². The Kier molecular flexibility index (Phi) is 6.48. The molecule has 4 aliphatic carbocycles. The normalized spacial score (nSPS) is 41.3. The van der Waals surface area contributed by atoms with E-state index in [4.69, 9.17) is 16.3 Å². The molecule has 202 valence electrons. The molecule has 1 N–H and O–H groups in total. The molecule has 37 heavy (non-hydrogen) atoms. The third kappa shape index (κ3) is 4.08. The number of carbonyl (C=O) groups is 1. The zero-order valence-electron chi connectivity index (χ0n) is 22.6. The summed E-state index contributed by atoms with van der Waals surface area (Å²) in [7, 11) is 1.82. The smallest absolute Gasteiger partial charge is 0.157 e. The maximum absolute atomic E-state index is 13.8. The third-order valence-corrected chi connectivity index (χ3v) is 11.9. The van der Waals surface area contributed by atoms with E-state index in [1.54, 1.807) is 4.68 Å². The number of carbonyl (C=O) groups excluding carboxylic acids is 1. The van der Waals surface area contributed by atoms with Crippen molar-refractivity contribution < 1.29 is 14.6 Å². The van der Waals surface area contributed by atoms with Gasteiger partial charge in [-0.05, 0) is 118 Å². The van der Waals surface area contributed by atoms with Crippen molar-refractivity contribution in [2.45, 2.75) is 90.2 Å². The topological polar surface area (TPSA) is 77.2 Å². The van der Waals surface area contributed by atoms with Crippen molar-refractivity contribution in [3.05, 3.63) is 23.2 Å². The maximum Gasteiger partial charge on any atom is 0.157 e. The molecule has 0 unspecified atom stereocenters. The van der Waals surface area contributed by atoms with Gasteiger partial charge in [0.25, 0.3) is 0 Å². The fourth-order valence-electron chi connectivity index (χ4n) is 9.91. The molecule has 6 rings (SSSR count). The van der Waals surface area contributed by atoms with E-state index in [9.17, 15) is 9.90 Å². The first kappa shape index (κ1) is 25.8. The molecule has 1 heterocycles. The highest BCUT2D eigenvalue weighted by Crippen LogP contribution is 2.69. The fraction of sp³-hybridized carbons (Fsp3) is 0.767. The van der Waals surface area contributed by atoms with Crippen LogP contribution >= 0.6 is 11.6 Å². The lowest BCUT2D eigenvalue weighted by Gasteiger charge is -2.63. The van der Waals surface area contributed by atoms with Crippen molar-refractivity contribution in [2.75, 3.05) is 13.7 Å². The number of aromatic nitrogens is 3. The molecule has 1 aromatic heterocycles. The lowest BCUT2D eigenvalue weighted by Crippen LogP contribution is -2.57. The molecule has 4 aliphatic rings. The van der Waals surface area contributed by atoms with Crippen LogP contribution in [0.5, 0.6) is 0 Å². The van der Waals surface area contributed by atoms with Gasteiger partial charge in [-0.25, -0.2) is 4.68 Å². The van der Waals surface area contributed by atoms with E-state index < -0.39 is 5.60 Å². The Morgan fingerprint density at radius 1 is 1.14 bits per heavy atom. The summed E-state index contributed by atoms with van der Waals surface area (Å²) < 4.78 is 7.34. The molecular weight excluding hydrogens is 486 g/mol. The first-order valence-electron chi connectivity index (χ1n) is 14.4. The van der Waals surface area contributed by atoms with Crippen LogP contribution in [0.4, 0.5) is 0 Å². The van der Waals surface area contributed by atoms with Crippen LogP contribution in [-0.2, 0) is 16.1 Å². The molecule has 4 saturated carbocycles. The summed E-state index contributed by atoms with van der Waals surface area (Å²) in [5.74, 6) is 2.89. The lowest BCUT2D eigenvalue weighted by molar-refractivity contribution is -0.163. The first-order valence-corrected chi connectivity index (χ1v) is 14.8. The number of halogens is 1. The quantitative estimate of drug-likeness (QED) is 0.492. The van der Waals surface area contributed by atoms with Gasteiger partial charge in [-0.1, -0.05) is 29.8 Å². The average Bonchev–Trinajstić information content (AvgIpc) is 3.44. The van der Waals surface area contributed by atoms with Gasteiger partial charge in [-0.3, -0.25) is 4.79 Å². The summed E-state index contributed by atoms with van der Waals surface area (Å²) in [6.07, 6.45) is 10.9. The van der Waals surface area contributed by atoms with E-state index in [2.05, 4.69) is 17.2 Å². The number of hydrogen-bond acceptors (Lipinski definition) is 5. The number of Topliss-reactive ketones (excluding diaryl/α,β-unsaturated/α-hetero) is 1. The van der Waals surface area contributed by atoms with Gasteiger partial charge in [0, 0.05) is 19.6 Å². The fourth-order valence-corrected chi connectivity index (χ4v) is 10.2. The molecule has 0 radical (unpaired) electrons. The summed E-state index contributed by atoms with van der Waals surface area (Å²) in [5.41, 5.74) is 1.29. The Bertz CT molecular complexity index is 1180. The maximum atomic E-state index is 13.8. The molecule has 7 heteroatoms. The number of nitrogens with zero attached hydrogens (tertiary/aromatic N) is 3. The molecule has 2 aromatic rings. The third-order valence-electron chi connectivity index (χ3n) is 11.6. The number of methoxy groups -OCH3 is 1. The molecule has 4 fully saturated rings. The SMILES string of the molecule is COCC[C@]12CC[C@@](C)(O)C[C@@H]1CC[C@H]1[C@@H]3CC[C@H](C(=O)Cn4nnc5cccc(Cl)c54)[C@@]3(C)CC[C@@H]12. The van der Waals surface area contributed by atoms with E-state index in [0.29, 0.717) is 28.7 Å². The standard InChI is InChI=1S/C30H42ClN3O3/c1-28(36)13-14-30(15-16-37-3)19(17-28)7-8-20-21-9-10-23(29(21,2)12-11-22(20)30)26(35)18-34-27-24(31)5-4-6-25(27)32-33-34/h4-6,19-23,36H,7-18H2,1-3H3/t19-,20-,21-,22-,23+,28+,29-,30+/m0/s1. The summed E-state index contributed by atoms with van der Waals surface area (Å²) in [6.45, 7) is 5.50. The number of fused-ring (bicyclic) bond motifs is 6. The summed E-state index contributed by atoms with van der Waals surface area (Å²) in [4.78, 5) is 13.8. The number of hydrogen-bond donors (Lipinski definition) is 1. The molecular formula is C30H42ClN3O3. The van der Waals surface area contributed by atoms with Gasteiger partial charge in [0.1, 0.15) is 17.6 Å². The number of aliphatic hydroxyl groups is 1. The predicted molar refractivity (Wildman–Crippen MR) is 144 cm³/mol. The van der Waals surface area contributed by atoms with Crippen LogP contribution in [0.15, 0.2) is 18.2 Å². The van der Waals surface area contributed by atoms with Gasteiger partial charge >= 0.3 is 0 Å². The minimum absolute atomic E-state index is 0.0495. The van der Waals surface area contributed by atoms with Crippen LogP contribution in [0, 0.1) is 40.4 Å². The van der Waals surface area contributed by atoms with E-state index in [0.717, 1.165) is 62.6 Å². The summed E-state index contributed by atoms with van der Waals surface area (Å²) >= 11 is 6.45. The minimum atomic E-state index is -0.531. The zero-order valence-corrected chi connectivity index (χ0v) is 23.3. The van der Waals surface area contributed by atoms with E-state index in [1.807, 2.05) is 32.2 Å². The van der Waals surface area contributed by atoms with Crippen LogP contribution in [0.3, 0.4) is 0 Å². The molecule has 0 bridgehead atoms. The Hall–Kier alpha value is -1.50. The van der Waals surface area contributed by atoms with Crippen LogP contribution in [-0.4, -0.2) is 45.2 Å². The van der Waals surface area contributed by atoms with Crippen LogP contribution < -0.4 is 0 Å². The Balaban J connectivity index is 1.24. The van der Waals surface area contributed by atoms with E-state index in [1.165, 1.54) is 19.3 Å². The molecule has 0 spiro atoms. The van der Waals surface area contributed by atoms with Gasteiger partial charge in [0.05, 0.1) is 10.6 Å². The van der Waals surface area contributed by atoms with E-state index in [-0.39, 0.29) is 29.1 Å². The molecule has 1 aromatic carbocycles. The second-order valence-corrected chi connectivity index (χ2v) is 13.7. The second-order valence-electron chi connectivity index (χ2n) is 13.3. The van der Waals surface area contributed by atoms with Gasteiger partial charge < -0.3 is 9.84 Å². The minimum Gasteiger partial charge on any atom is -0.390 e. The van der Waals surface area contributed by atoms with Crippen molar-refractivity contribution in [1.82, 2.24) is 15.0 Å². The second kappa shape index (κ2) is 9.31. The summed E-state index contributed by atoms with van der Waals surface area (Å²) in [6, 6.07) is 5.60. The first-order chi connectivity index (χ1) is 17.7. The summed E-state index contributed by atoms with van der Waals surface area (Å²) in [5, 5.41) is 20.1. The van der Waals surface area contributed by atoms with E-state index >= 15 is 0 Å². The zero-order chi connectivity index (χ0) is 26.0. The highest BCUT2D eigenvalue weighted by molar-refractivity contribution is 6.34. The molecule has 0 aliphatic heterocycles. The van der Waals surface area contributed by atoms with Crippen molar-refractivity contribution in [3.63, 3.8) is 0 Å².